The lowest BCUT2D eigenvalue weighted by Gasteiger charge is -2.10. The van der Waals surface area contributed by atoms with Crippen LogP contribution in [-0.4, -0.2) is 24.5 Å². The van der Waals surface area contributed by atoms with Crippen LogP contribution in [0.3, 0.4) is 0 Å². The van der Waals surface area contributed by atoms with Crippen LogP contribution in [0.25, 0.3) is 0 Å². The molecule has 0 aliphatic rings. The van der Waals surface area contributed by atoms with Crippen molar-refractivity contribution in [3.05, 3.63) is 51.4 Å². The van der Waals surface area contributed by atoms with Crippen molar-refractivity contribution in [1.82, 2.24) is 15.6 Å². The summed E-state index contributed by atoms with van der Waals surface area (Å²) in [6.07, 6.45) is 1.47. The van der Waals surface area contributed by atoms with E-state index < -0.39 is 0 Å². The third-order valence-corrected chi connectivity index (χ3v) is 4.13. The third-order valence-electron chi connectivity index (χ3n) is 3.63. The minimum absolute atomic E-state index is 0. The Bertz CT molecular complexity index is 701. The summed E-state index contributed by atoms with van der Waals surface area (Å²) in [7, 11) is 1.70. The lowest BCUT2D eigenvalue weighted by molar-refractivity contribution is 0.463. The predicted molar refractivity (Wildman–Crippen MR) is 112 cm³/mol. The number of benzene rings is 1. The number of aromatic nitrogens is 1. The highest BCUT2D eigenvalue weighted by Gasteiger charge is 2.07. The minimum Gasteiger partial charge on any atom is -0.444 e. The van der Waals surface area contributed by atoms with Crippen molar-refractivity contribution < 1.29 is 8.81 Å². The number of rotatable bonds is 6. The smallest absolute Gasteiger partial charge is 0.214 e. The molecular formula is C17H23BrFIN4O. The van der Waals surface area contributed by atoms with Gasteiger partial charge in [0.15, 0.2) is 5.96 Å². The molecule has 1 aromatic carbocycles. The molecule has 0 saturated carbocycles. The average Bonchev–Trinajstić information content (AvgIpc) is 2.86. The Morgan fingerprint density at radius 1 is 1.32 bits per heavy atom. The Morgan fingerprint density at radius 3 is 2.68 bits per heavy atom. The van der Waals surface area contributed by atoms with E-state index in [1.54, 1.807) is 13.1 Å². The number of oxazole rings is 1. The maximum Gasteiger partial charge on any atom is 0.214 e. The van der Waals surface area contributed by atoms with Crippen LogP contribution >= 0.6 is 39.9 Å². The zero-order valence-corrected chi connectivity index (χ0v) is 18.4. The van der Waals surface area contributed by atoms with E-state index in [4.69, 9.17) is 4.42 Å². The molecule has 0 spiro atoms. The molecule has 138 valence electrons. The summed E-state index contributed by atoms with van der Waals surface area (Å²) >= 11 is 3.26. The molecule has 2 rings (SSSR count). The van der Waals surface area contributed by atoms with E-state index in [1.807, 2.05) is 19.9 Å². The molecular weight excluding hydrogens is 502 g/mol. The maximum atomic E-state index is 13.7. The average molecular weight is 525 g/mol. The van der Waals surface area contributed by atoms with E-state index in [0.29, 0.717) is 36.9 Å². The van der Waals surface area contributed by atoms with Gasteiger partial charge in [-0.15, -0.1) is 24.0 Å². The van der Waals surface area contributed by atoms with Crippen molar-refractivity contribution in [2.75, 3.05) is 13.6 Å². The number of hydrogen-bond acceptors (Lipinski definition) is 3. The quantitative estimate of drug-likeness (QED) is 0.258. The minimum atomic E-state index is -0.179. The lowest BCUT2D eigenvalue weighted by atomic mass is 10.1. The molecule has 0 bridgehead atoms. The Hall–Kier alpha value is -1.16. The summed E-state index contributed by atoms with van der Waals surface area (Å²) < 4.78 is 20.0. The summed E-state index contributed by atoms with van der Waals surface area (Å²) in [5, 5.41) is 6.35. The second-order valence-electron chi connectivity index (χ2n) is 5.44. The Morgan fingerprint density at radius 2 is 2.08 bits per heavy atom. The first kappa shape index (κ1) is 21.9. The van der Waals surface area contributed by atoms with Gasteiger partial charge >= 0.3 is 0 Å². The molecule has 0 aliphatic heterocycles. The number of guanidine groups is 1. The largest absolute Gasteiger partial charge is 0.444 e. The molecule has 2 N–H and O–H groups in total. The van der Waals surface area contributed by atoms with Gasteiger partial charge in [-0.25, -0.2) is 9.37 Å². The van der Waals surface area contributed by atoms with Crippen molar-refractivity contribution in [2.45, 2.75) is 33.2 Å². The molecule has 5 nitrogen and oxygen atoms in total. The van der Waals surface area contributed by atoms with Gasteiger partial charge in [-0.2, -0.15) is 0 Å². The first-order chi connectivity index (χ1) is 11.5. The molecule has 8 heteroatoms. The second kappa shape index (κ2) is 10.7. The number of hydrogen-bond donors (Lipinski definition) is 2. The summed E-state index contributed by atoms with van der Waals surface area (Å²) in [5.74, 6) is 1.94. The van der Waals surface area contributed by atoms with Crippen molar-refractivity contribution in [2.24, 2.45) is 4.99 Å². The molecule has 0 amide bonds. The van der Waals surface area contributed by atoms with Gasteiger partial charge in [0.1, 0.15) is 11.6 Å². The van der Waals surface area contributed by atoms with Crippen LogP contribution in [0.2, 0.25) is 0 Å². The molecule has 0 aliphatic carbocycles. The Labute approximate surface area is 173 Å². The van der Waals surface area contributed by atoms with E-state index in [-0.39, 0.29) is 29.8 Å². The summed E-state index contributed by atoms with van der Waals surface area (Å²) in [5.41, 5.74) is 1.61. The van der Waals surface area contributed by atoms with E-state index in [1.165, 1.54) is 6.07 Å². The SMILES string of the molecule is CN=C(NCCCc1ccc(Br)cc1F)NCc1nc(C)c(C)o1.I. The molecule has 0 radical (unpaired) electrons. The summed E-state index contributed by atoms with van der Waals surface area (Å²) in [6.45, 7) is 4.96. The van der Waals surface area contributed by atoms with Gasteiger partial charge in [0.2, 0.25) is 5.89 Å². The fourth-order valence-electron chi connectivity index (χ4n) is 2.20. The van der Waals surface area contributed by atoms with E-state index in [2.05, 4.69) is 36.5 Å². The first-order valence-electron chi connectivity index (χ1n) is 7.81. The highest BCUT2D eigenvalue weighted by atomic mass is 127. The number of aryl methyl sites for hydroxylation is 3. The monoisotopic (exact) mass is 524 g/mol. The molecule has 2 aromatic rings. The van der Waals surface area contributed by atoms with Crippen LogP contribution in [0, 0.1) is 19.7 Å². The zero-order chi connectivity index (χ0) is 17.5. The van der Waals surface area contributed by atoms with E-state index in [0.717, 1.165) is 22.3 Å². The van der Waals surface area contributed by atoms with Crippen molar-refractivity contribution >= 4 is 45.9 Å². The van der Waals surface area contributed by atoms with Gasteiger partial charge in [-0.05, 0) is 44.4 Å². The molecule has 1 heterocycles. The van der Waals surface area contributed by atoms with Crippen molar-refractivity contribution in [1.29, 1.82) is 0 Å². The van der Waals surface area contributed by atoms with Crippen LogP contribution < -0.4 is 10.6 Å². The highest BCUT2D eigenvalue weighted by molar-refractivity contribution is 14.0. The van der Waals surface area contributed by atoms with Crippen LogP contribution in [0.15, 0.2) is 32.1 Å². The van der Waals surface area contributed by atoms with E-state index >= 15 is 0 Å². The van der Waals surface area contributed by atoms with Gasteiger partial charge in [-0.3, -0.25) is 4.99 Å². The molecule has 0 atom stereocenters. The van der Waals surface area contributed by atoms with Crippen LogP contribution in [0.5, 0.6) is 0 Å². The van der Waals surface area contributed by atoms with Crippen LogP contribution in [0.4, 0.5) is 4.39 Å². The topological polar surface area (TPSA) is 62.5 Å². The van der Waals surface area contributed by atoms with Gasteiger partial charge in [0, 0.05) is 18.1 Å². The zero-order valence-electron chi connectivity index (χ0n) is 14.5. The fraction of sp³-hybridized carbons (Fsp3) is 0.412. The number of aliphatic imine (C=N–C) groups is 1. The predicted octanol–water partition coefficient (Wildman–Crippen LogP) is 4.11. The molecule has 0 fully saturated rings. The molecule has 1 aromatic heterocycles. The normalized spacial score (nSPS) is 11.2. The maximum absolute atomic E-state index is 13.7. The van der Waals surface area contributed by atoms with Crippen LogP contribution in [0.1, 0.15) is 29.3 Å². The van der Waals surface area contributed by atoms with E-state index in [9.17, 15) is 4.39 Å². The summed E-state index contributed by atoms with van der Waals surface area (Å²) in [6, 6.07) is 5.15. The Balaban J connectivity index is 0.00000312. The molecule has 0 unspecified atom stereocenters. The van der Waals surface area contributed by atoms with Crippen molar-refractivity contribution in [3.63, 3.8) is 0 Å². The standard InChI is InChI=1S/C17H22BrFN4O.HI/c1-11-12(2)24-16(23-11)10-22-17(20-3)21-8-4-5-13-6-7-14(18)9-15(13)19;/h6-7,9H,4-5,8,10H2,1-3H3,(H2,20,21,22);1H. The second-order valence-corrected chi connectivity index (χ2v) is 6.36. The number of nitrogens with one attached hydrogen (secondary N) is 2. The van der Waals surface area contributed by atoms with Gasteiger partial charge in [0.05, 0.1) is 12.2 Å². The first-order valence-corrected chi connectivity index (χ1v) is 8.60. The molecule has 0 saturated heterocycles. The summed E-state index contributed by atoms with van der Waals surface area (Å²) in [4.78, 5) is 8.46. The highest BCUT2D eigenvalue weighted by Crippen LogP contribution is 2.16. The molecule has 25 heavy (non-hydrogen) atoms. The van der Waals surface area contributed by atoms with Gasteiger partial charge in [0.25, 0.3) is 0 Å². The lowest BCUT2D eigenvalue weighted by Crippen LogP contribution is -2.37. The number of halogens is 3. The van der Waals surface area contributed by atoms with Gasteiger partial charge < -0.3 is 15.1 Å². The third kappa shape index (κ3) is 6.93. The van der Waals surface area contributed by atoms with Crippen molar-refractivity contribution in [3.8, 4) is 0 Å². The van der Waals surface area contributed by atoms with Gasteiger partial charge in [-0.1, -0.05) is 22.0 Å². The Kier molecular flexibility index (Phi) is 9.41. The van der Waals surface area contributed by atoms with Crippen LogP contribution in [-0.2, 0) is 13.0 Å². The fourth-order valence-corrected chi connectivity index (χ4v) is 2.54. The number of nitrogens with zero attached hydrogens (tertiary/aromatic N) is 2.